The summed E-state index contributed by atoms with van der Waals surface area (Å²) in [5.41, 5.74) is 12.9. The lowest BCUT2D eigenvalue weighted by molar-refractivity contribution is 0.199. The number of carbonyl (C=O) groups excluding carboxylic acids is 1. The molecule has 0 aliphatic carbocycles. The van der Waals surface area contributed by atoms with Gasteiger partial charge < -0.3 is 16.8 Å². The zero-order chi connectivity index (χ0) is 13.3. The second-order valence-electron chi connectivity index (χ2n) is 3.43. The van der Waals surface area contributed by atoms with Gasteiger partial charge in [0.15, 0.2) is 5.96 Å². The Morgan fingerprint density at radius 2 is 2.06 bits per heavy atom. The Morgan fingerprint density at radius 1 is 1.41 bits per heavy atom. The smallest absolute Gasteiger partial charge is 0.219 e. The molecule has 0 rings (SSSR count). The normalized spacial score (nSPS) is 11.9. The largest absolute Gasteiger partial charge is 0.370 e. The molecule has 97 valence electrons. The molecule has 1 radical (unpaired) electrons. The maximum atomic E-state index is 10.8. The van der Waals surface area contributed by atoms with Crippen LogP contribution in [0.5, 0.6) is 0 Å². The Morgan fingerprint density at radius 3 is 2.47 bits per heavy atom. The van der Waals surface area contributed by atoms with E-state index in [1.165, 1.54) is 0 Å². The van der Waals surface area contributed by atoms with Crippen LogP contribution < -0.4 is 22.2 Å². The van der Waals surface area contributed by atoms with E-state index in [2.05, 4.69) is 10.7 Å². The van der Waals surface area contributed by atoms with E-state index >= 15 is 0 Å². The molecule has 8 N–H and O–H groups in total. The highest BCUT2D eigenvalue weighted by molar-refractivity contribution is 5.74. The first-order chi connectivity index (χ1) is 8.01. The van der Waals surface area contributed by atoms with Gasteiger partial charge in [-0.2, -0.15) is 0 Å². The van der Waals surface area contributed by atoms with Crippen molar-refractivity contribution in [3.63, 3.8) is 0 Å². The van der Waals surface area contributed by atoms with Crippen LogP contribution >= 0.6 is 0 Å². The quantitative estimate of drug-likeness (QED) is 0.131. The average Bonchev–Trinajstić information content (AvgIpc) is 2.26. The number of hydrazine groups is 1. The van der Waals surface area contributed by atoms with E-state index in [4.69, 9.17) is 22.3 Å². The number of hydrogen-bond donors (Lipinski definition) is 6. The summed E-state index contributed by atoms with van der Waals surface area (Å²) >= 11 is 0. The van der Waals surface area contributed by atoms with Crippen molar-refractivity contribution in [2.75, 3.05) is 13.1 Å². The van der Waals surface area contributed by atoms with Crippen molar-refractivity contribution in [3.8, 4) is 0 Å². The lowest BCUT2D eigenvalue weighted by atomic mass is 10.1. The summed E-state index contributed by atoms with van der Waals surface area (Å²) in [7, 11) is 0. The maximum Gasteiger partial charge on any atom is 0.219 e. The minimum absolute atomic E-state index is 0.0918. The van der Waals surface area contributed by atoms with Crippen LogP contribution in [0.25, 0.3) is 0 Å². The van der Waals surface area contributed by atoms with E-state index in [0.717, 1.165) is 0 Å². The highest BCUT2D eigenvalue weighted by Crippen LogP contribution is 2.01. The van der Waals surface area contributed by atoms with Gasteiger partial charge in [0.05, 0.1) is 6.04 Å². The third kappa shape index (κ3) is 7.12. The maximum absolute atomic E-state index is 10.8. The van der Waals surface area contributed by atoms with Crippen molar-refractivity contribution >= 4 is 18.2 Å². The van der Waals surface area contributed by atoms with Crippen molar-refractivity contribution < 1.29 is 4.79 Å². The molecule has 0 amide bonds. The molecule has 17 heavy (non-hydrogen) atoms. The molecule has 0 saturated heterocycles. The summed E-state index contributed by atoms with van der Waals surface area (Å²) in [4.78, 5) is 10.8. The zero-order valence-corrected chi connectivity index (χ0v) is 9.92. The second-order valence-corrected chi connectivity index (χ2v) is 3.43. The highest BCUT2D eigenvalue weighted by atomic mass is 16.1. The molecule has 0 aromatic carbocycles. The number of nitrogens with two attached hydrogens (primary N) is 2. The molecular formula is C9H20N7O. The van der Waals surface area contributed by atoms with Gasteiger partial charge in [-0.1, -0.05) is 6.92 Å². The van der Waals surface area contributed by atoms with Crippen LogP contribution in [0.15, 0.2) is 0 Å². The van der Waals surface area contributed by atoms with Crippen LogP contribution in [-0.2, 0) is 4.79 Å². The standard InChI is InChI=1S/C9H20N7O/c1-2-16(15-9(12)13)7(6-17)4-3-5-14-8(10)11/h7H,2-5H2,1H3,(H4,10,11,14)(H4,12,13,15)/t7-/m0/s1. The van der Waals surface area contributed by atoms with Crippen LogP contribution in [0.2, 0.25) is 0 Å². The fraction of sp³-hybridized carbons (Fsp3) is 0.667. The third-order valence-corrected chi connectivity index (χ3v) is 2.09. The highest BCUT2D eigenvalue weighted by Gasteiger charge is 2.17. The Bertz CT molecular complexity index is 268. The van der Waals surface area contributed by atoms with Gasteiger partial charge >= 0.3 is 0 Å². The second kappa shape index (κ2) is 8.34. The number of likely N-dealkylation sites (N-methyl/N-ethyl adjacent to an activating group) is 1. The van der Waals surface area contributed by atoms with E-state index in [1.54, 1.807) is 5.01 Å². The van der Waals surface area contributed by atoms with Crippen molar-refractivity contribution in [1.82, 2.24) is 15.8 Å². The summed E-state index contributed by atoms with van der Waals surface area (Å²) in [6, 6.07) is -0.474. The van der Waals surface area contributed by atoms with Crippen LogP contribution in [0.1, 0.15) is 19.8 Å². The third-order valence-electron chi connectivity index (χ3n) is 2.09. The number of hydrogen-bond acceptors (Lipinski definition) is 4. The molecule has 0 aliphatic rings. The molecule has 0 aromatic heterocycles. The molecule has 0 aliphatic heterocycles. The number of nitrogens with zero attached hydrogens (tertiary/aromatic N) is 1. The summed E-state index contributed by atoms with van der Waals surface area (Å²) in [6.07, 6.45) is 3.10. The molecule has 0 fully saturated rings. The molecule has 0 heterocycles. The number of rotatable bonds is 8. The monoisotopic (exact) mass is 242 g/mol. The Kier molecular flexibility index (Phi) is 7.44. The average molecular weight is 242 g/mol. The molecule has 0 spiro atoms. The molecule has 1 atom stereocenters. The first-order valence-corrected chi connectivity index (χ1v) is 5.34. The van der Waals surface area contributed by atoms with Gasteiger partial charge in [-0.05, 0) is 12.8 Å². The lowest BCUT2D eigenvalue weighted by Crippen LogP contribution is -2.51. The first-order valence-electron chi connectivity index (χ1n) is 5.34. The van der Waals surface area contributed by atoms with Gasteiger partial charge in [0, 0.05) is 13.1 Å². The van der Waals surface area contributed by atoms with Crippen LogP contribution in [-0.4, -0.2) is 42.3 Å². The Labute approximate surface area is 101 Å². The Balaban J connectivity index is 4.06. The minimum atomic E-state index is -0.474. The first kappa shape index (κ1) is 15.2. The van der Waals surface area contributed by atoms with Crippen LogP contribution in [0, 0.1) is 10.8 Å². The summed E-state index contributed by atoms with van der Waals surface area (Å²) in [5, 5.41) is 18.3. The van der Waals surface area contributed by atoms with Crippen molar-refractivity contribution in [2.24, 2.45) is 11.5 Å². The van der Waals surface area contributed by atoms with E-state index in [0.29, 0.717) is 25.9 Å². The molecule has 0 aromatic rings. The minimum Gasteiger partial charge on any atom is -0.370 e. The lowest BCUT2D eigenvalue weighted by Gasteiger charge is -2.26. The van der Waals surface area contributed by atoms with E-state index in [9.17, 15) is 4.79 Å². The van der Waals surface area contributed by atoms with Crippen LogP contribution in [0.3, 0.4) is 0 Å². The Hall–Kier alpha value is -1.83. The van der Waals surface area contributed by atoms with Crippen molar-refractivity contribution in [3.05, 3.63) is 0 Å². The molecule has 8 heteroatoms. The number of guanidine groups is 2. The zero-order valence-electron chi connectivity index (χ0n) is 9.92. The summed E-state index contributed by atoms with van der Waals surface area (Å²) < 4.78 is 0. The topological polar surface area (TPSA) is 144 Å². The molecule has 0 unspecified atom stereocenters. The van der Waals surface area contributed by atoms with Gasteiger partial charge in [-0.25, -0.2) is 5.01 Å². The van der Waals surface area contributed by atoms with E-state index < -0.39 is 6.04 Å². The summed E-state index contributed by atoms with van der Waals surface area (Å²) in [6.45, 7) is 2.89. The molecular weight excluding hydrogens is 222 g/mol. The van der Waals surface area contributed by atoms with E-state index in [1.807, 2.05) is 13.2 Å². The number of nitrogens with one attached hydrogen (secondary N) is 4. The molecule has 8 nitrogen and oxygen atoms in total. The molecule has 0 saturated carbocycles. The predicted octanol–water partition coefficient (Wildman–Crippen LogP) is -1.55. The van der Waals surface area contributed by atoms with Crippen LogP contribution in [0.4, 0.5) is 0 Å². The molecule has 0 bridgehead atoms. The SMILES string of the molecule is CCN(NC(=N)N)[C@H]([C]=O)CCCNC(=N)N. The van der Waals surface area contributed by atoms with E-state index in [-0.39, 0.29) is 11.9 Å². The van der Waals surface area contributed by atoms with Gasteiger partial charge in [-0.3, -0.25) is 21.0 Å². The fourth-order valence-electron chi connectivity index (χ4n) is 1.33. The van der Waals surface area contributed by atoms with Crippen molar-refractivity contribution in [2.45, 2.75) is 25.8 Å². The van der Waals surface area contributed by atoms with Gasteiger partial charge in [0.2, 0.25) is 12.2 Å². The van der Waals surface area contributed by atoms with Gasteiger partial charge in [0.1, 0.15) is 0 Å². The fourth-order valence-corrected chi connectivity index (χ4v) is 1.33. The predicted molar refractivity (Wildman–Crippen MR) is 66.1 cm³/mol. The van der Waals surface area contributed by atoms with Gasteiger partial charge in [-0.15, -0.1) is 0 Å². The van der Waals surface area contributed by atoms with Gasteiger partial charge in [0.25, 0.3) is 0 Å². The van der Waals surface area contributed by atoms with Crippen molar-refractivity contribution in [1.29, 1.82) is 10.8 Å². The summed E-state index contributed by atoms with van der Waals surface area (Å²) in [5.74, 6) is -0.306.